The maximum absolute atomic E-state index is 12.5. The Hall–Kier alpha value is -0.610. The van der Waals surface area contributed by atoms with Gasteiger partial charge < -0.3 is 4.74 Å². The molecule has 4 aliphatic heterocycles. The second kappa shape index (κ2) is 5.06. The van der Waals surface area contributed by atoms with E-state index in [1.54, 1.807) is 0 Å². The molecule has 0 amide bonds. The van der Waals surface area contributed by atoms with Gasteiger partial charge in [0, 0.05) is 12.6 Å². The molecule has 4 nitrogen and oxygen atoms in total. The van der Waals surface area contributed by atoms with Gasteiger partial charge in [0.15, 0.2) is 0 Å². The Labute approximate surface area is 116 Å². The number of ether oxygens (including phenoxy) is 1. The van der Waals surface area contributed by atoms with Crippen molar-refractivity contribution >= 4 is 5.97 Å². The van der Waals surface area contributed by atoms with Crippen LogP contribution in [0.2, 0.25) is 0 Å². The molecule has 0 aliphatic carbocycles. The summed E-state index contributed by atoms with van der Waals surface area (Å²) in [5.41, 5.74) is 0. The lowest BCUT2D eigenvalue weighted by Gasteiger charge is -2.49. The van der Waals surface area contributed by atoms with Gasteiger partial charge in [0.05, 0.1) is 6.10 Å². The molecule has 108 valence electrons. The van der Waals surface area contributed by atoms with Gasteiger partial charge in [0.25, 0.3) is 0 Å². The molecule has 4 rings (SSSR count). The van der Waals surface area contributed by atoms with E-state index in [0.29, 0.717) is 12.0 Å². The molecule has 4 heteroatoms. The van der Waals surface area contributed by atoms with Crippen molar-refractivity contribution in [1.82, 2.24) is 9.80 Å². The molecule has 4 saturated heterocycles. The predicted octanol–water partition coefficient (Wildman–Crippen LogP) is 1.35. The van der Waals surface area contributed by atoms with Crippen molar-refractivity contribution in [3.8, 4) is 0 Å². The Morgan fingerprint density at radius 1 is 1.32 bits per heavy atom. The highest BCUT2D eigenvalue weighted by atomic mass is 16.5. The molecule has 2 bridgehead atoms. The van der Waals surface area contributed by atoms with E-state index < -0.39 is 0 Å². The lowest BCUT2D eigenvalue weighted by molar-refractivity contribution is -0.155. The number of carbonyl (C=O) groups is 1. The molecule has 0 saturated carbocycles. The SMILES string of the molecule is CCN1CC2C3CCN(CC3)C2C1C(=O)OC(C)C. The molecule has 19 heavy (non-hydrogen) atoms. The van der Waals surface area contributed by atoms with Crippen molar-refractivity contribution in [2.75, 3.05) is 26.2 Å². The van der Waals surface area contributed by atoms with Crippen LogP contribution in [-0.4, -0.2) is 60.1 Å². The van der Waals surface area contributed by atoms with E-state index >= 15 is 0 Å². The van der Waals surface area contributed by atoms with Crippen LogP contribution >= 0.6 is 0 Å². The maximum Gasteiger partial charge on any atom is 0.325 e. The first-order valence-electron chi connectivity index (χ1n) is 7.80. The van der Waals surface area contributed by atoms with E-state index in [1.165, 1.54) is 25.9 Å². The maximum atomic E-state index is 12.5. The standard InChI is InChI=1S/C15H26N2O2/c1-4-16-9-12-11-5-7-17(8-6-11)13(12)14(16)15(18)19-10(2)3/h10-14H,4-9H2,1-3H3. The van der Waals surface area contributed by atoms with Crippen LogP contribution in [0.25, 0.3) is 0 Å². The Bertz CT molecular complexity index is 350. The lowest BCUT2D eigenvalue weighted by atomic mass is 9.74. The molecule has 0 aromatic rings. The summed E-state index contributed by atoms with van der Waals surface area (Å²) in [5, 5.41) is 0. The minimum absolute atomic E-state index is 0.00287. The van der Waals surface area contributed by atoms with Crippen LogP contribution in [0.5, 0.6) is 0 Å². The molecule has 3 unspecified atom stereocenters. The molecule has 0 spiro atoms. The van der Waals surface area contributed by atoms with Gasteiger partial charge in [-0.15, -0.1) is 0 Å². The van der Waals surface area contributed by atoms with Gasteiger partial charge in [-0.05, 0) is 58.2 Å². The van der Waals surface area contributed by atoms with E-state index in [2.05, 4.69) is 16.7 Å². The van der Waals surface area contributed by atoms with Gasteiger partial charge in [-0.25, -0.2) is 0 Å². The Kier molecular flexibility index (Phi) is 3.56. The van der Waals surface area contributed by atoms with Crippen LogP contribution in [0.1, 0.15) is 33.6 Å². The summed E-state index contributed by atoms with van der Waals surface area (Å²) < 4.78 is 5.52. The van der Waals surface area contributed by atoms with Crippen molar-refractivity contribution in [2.24, 2.45) is 11.8 Å². The fraction of sp³-hybridized carbons (Fsp3) is 0.933. The van der Waals surface area contributed by atoms with E-state index in [0.717, 1.165) is 19.0 Å². The number of piperidine rings is 3. The van der Waals surface area contributed by atoms with Gasteiger partial charge in [-0.2, -0.15) is 0 Å². The van der Waals surface area contributed by atoms with Gasteiger partial charge in [0.2, 0.25) is 0 Å². The fourth-order valence-corrected chi connectivity index (χ4v) is 4.40. The van der Waals surface area contributed by atoms with E-state index in [4.69, 9.17) is 4.74 Å². The van der Waals surface area contributed by atoms with Crippen LogP contribution in [-0.2, 0) is 9.53 Å². The third-order valence-corrected chi connectivity index (χ3v) is 5.20. The van der Waals surface area contributed by atoms with E-state index in [9.17, 15) is 4.79 Å². The number of rotatable bonds is 3. The van der Waals surface area contributed by atoms with Gasteiger partial charge in [0.1, 0.15) is 6.04 Å². The number of hydrogen-bond acceptors (Lipinski definition) is 4. The summed E-state index contributed by atoms with van der Waals surface area (Å²) >= 11 is 0. The van der Waals surface area contributed by atoms with Crippen LogP contribution in [0.15, 0.2) is 0 Å². The van der Waals surface area contributed by atoms with Crippen molar-refractivity contribution < 1.29 is 9.53 Å². The highest BCUT2D eigenvalue weighted by Gasteiger charge is 2.54. The molecule has 4 fully saturated rings. The van der Waals surface area contributed by atoms with Crippen LogP contribution < -0.4 is 0 Å². The molecule has 4 aliphatic rings. The molecular weight excluding hydrogens is 240 g/mol. The lowest BCUT2D eigenvalue weighted by Crippen LogP contribution is -2.59. The third kappa shape index (κ3) is 2.19. The quantitative estimate of drug-likeness (QED) is 0.722. The Morgan fingerprint density at radius 3 is 2.58 bits per heavy atom. The van der Waals surface area contributed by atoms with Gasteiger partial charge in [-0.3, -0.25) is 14.6 Å². The predicted molar refractivity (Wildman–Crippen MR) is 73.8 cm³/mol. The number of likely N-dealkylation sites (N-methyl/N-ethyl adjacent to an activating group) is 1. The second-order valence-electron chi connectivity index (χ2n) is 6.55. The Morgan fingerprint density at radius 2 is 2.00 bits per heavy atom. The summed E-state index contributed by atoms with van der Waals surface area (Å²) in [4.78, 5) is 17.4. The van der Waals surface area contributed by atoms with Crippen molar-refractivity contribution in [3.05, 3.63) is 0 Å². The van der Waals surface area contributed by atoms with Gasteiger partial charge >= 0.3 is 5.97 Å². The average Bonchev–Trinajstić information content (AvgIpc) is 2.80. The number of hydrogen-bond donors (Lipinski definition) is 0. The minimum atomic E-state index is -0.0273. The molecule has 0 radical (unpaired) electrons. The van der Waals surface area contributed by atoms with Crippen molar-refractivity contribution in [3.63, 3.8) is 0 Å². The summed E-state index contributed by atoms with van der Waals surface area (Å²) in [6, 6.07) is 0.388. The number of likely N-dealkylation sites (tertiary alicyclic amines) is 1. The molecule has 0 aromatic carbocycles. The first-order valence-corrected chi connectivity index (χ1v) is 7.80. The van der Waals surface area contributed by atoms with Crippen LogP contribution in [0.4, 0.5) is 0 Å². The molecule has 0 aromatic heterocycles. The normalized spacial score (nSPS) is 41.6. The topological polar surface area (TPSA) is 32.8 Å². The zero-order valence-electron chi connectivity index (χ0n) is 12.3. The summed E-state index contributed by atoms with van der Waals surface area (Å²) in [6.45, 7) is 10.4. The zero-order valence-corrected chi connectivity index (χ0v) is 12.3. The molecular formula is C15H26N2O2. The first kappa shape index (κ1) is 13.4. The fourth-order valence-electron chi connectivity index (χ4n) is 4.40. The number of fused-ring (bicyclic) bond motifs is 2. The van der Waals surface area contributed by atoms with E-state index in [1.807, 2.05) is 13.8 Å². The first-order chi connectivity index (χ1) is 9.11. The highest BCUT2D eigenvalue weighted by Crippen LogP contribution is 2.44. The summed E-state index contributed by atoms with van der Waals surface area (Å²) in [7, 11) is 0. The molecule has 4 heterocycles. The summed E-state index contributed by atoms with van der Waals surface area (Å²) in [5.74, 6) is 1.52. The third-order valence-electron chi connectivity index (χ3n) is 5.20. The number of nitrogens with zero attached hydrogens (tertiary/aromatic N) is 2. The minimum Gasteiger partial charge on any atom is -0.462 e. The van der Waals surface area contributed by atoms with Gasteiger partial charge in [-0.1, -0.05) is 6.92 Å². The van der Waals surface area contributed by atoms with Crippen LogP contribution in [0.3, 0.4) is 0 Å². The molecule has 3 atom stereocenters. The average molecular weight is 266 g/mol. The summed E-state index contributed by atoms with van der Waals surface area (Å²) in [6.07, 6.45) is 2.64. The Balaban J connectivity index is 1.82. The number of carbonyl (C=O) groups excluding carboxylic acids is 1. The van der Waals surface area contributed by atoms with Crippen molar-refractivity contribution in [1.29, 1.82) is 0 Å². The second-order valence-corrected chi connectivity index (χ2v) is 6.55. The highest BCUT2D eigenvalue weighted by molar-refractivity contribution is 5.77. The zero-order chi connectivity index (χ0) is 13.6. The van der Waals surface area contributed by atoms with Crippen LogP contribution in [0, 0.1) is 11.8 Å². The monoisotopic (exact) mass is 266 g/mol. The molecule has 0 N–H and O–H groups in total. The van der Waals surface area contributed by atoms with E-state index in [-0.39, 0.29) is 18.1 Å². The van der Waals surface area contributed by atoms with Crippen molar-refractivity contribution in [2.45, 2.75) is 51.8 Å². The smallest absolute Gasteiger partial charge is 0.325 e. The number of esters is 1. The largest absolute Gasteiger partial charge is 0.462 e.